The molecule has 6 heteroatoms. The normalized spacial score (nSPS) is 22.0. The molecule has 1 aromatic rings. The fourth-order valence-corrected chi connectivity index (χ4v) is 3.32. The van der Waals surface area contributed by atoms with E-state index in [4.69, 9.17) is 4.74 Å². The Hall–Kier alpha value is -2.11. The minimum atomic E-state index is -0.921. The van der Waals surface area contributed by atoms with Gasteiger partial charge < -0.3 is 15.2 Å². The fraction of sp³-hybridized carbons (Fsp3) is 0.529. The zero-order chi connectivity index (χ0) is 16.4. The van der Waals surface area contributed by atoms with Crippen molar-refractivity contribution in [2.45, 2.75) is 44.6 Å². The molecule has 1 atom stereocenters. The molecule has 0 bridgehead atoms. The van der Waals surface area contributed by atoms with E-state index in [2.05, 4.69) is 5.32 Å². The Labute approximate surface area is 133 Å². The molecule has 0 spiro atoms. The van der Waals surface area contributed by atoms with E-state index in [1.807, 2.05) is 0 Å². The number of rotatable bonds is 4. The predicted molar refractivity (Wildman–Crippen MR) is 80.5 cm³/mol. The zero-order valence-electron chi connectivity index (χ0n) is 12.8. The van der Waals surface area contributed by atoms with Crippen LogP contribution >= 0.6 is 0 Å². The Kier molecular flexibility index (Phi) is 4.24. The van der Waals surface area contributed by atoms with Crippen molar-refractivity contribution < 1.29 is 23.8 Å². The van der Waals surface area contributed by atoms with Gasteiger partial charge in [0.15, 0.2) is 0 Å². The lowest BCUT2D eigenvalue weighted by atomic mass is 9.66. The number of nitrogens with one attached hydrogen (secondary N) is 1. The smallest absolute Gasteiger partial charge is 0.310 e. The molecular weight excluding hydrogens is 301 g/mol. The average Bonchev–Trinajstić information content (AvgIpc) is 2.65. The van der Waals surface area contributed by atoms with Crippen LogP contribution < -0.4 is 10.1 Å². The lowest BCUT2D eigenvalue weighted by molar-refractivity contribution is -0.157. The quantitative estimate of drug-likeness (QED) is 0.894. The summed E-state index contributed by atoms with van der Waals surface area (Å²) in [4.78, 5) is 23.7. The molecule has 0 radical (unpaired) electrons. The highest BCUT2D eigenvalue weighted by Crippen LogP contribution is 2.44. The van der Waals surface area contributed by atoms with Gasteiger partial charge in [0.2, 0.25) is 5.91 Å². The number of carbonyl (C=O) groups excluding carboxylic acids is 1. The number of ether oxygens (including phenoxy) is 1. The molecule has 0 aromatic heterocycles. The predicted octanol–water partition coefficient (Wildman–Crippen LogP) is 2.80. The molecule has 1 amide bonds. The van der Waals surface area contributed by atoms with Crippen molar-refractivity contribution in [2.24, 2.45) is 5.41 Å². The standard InChI is InChI=1S/C17H20FNO4/c18-11-4-5-14-12(9-11)13(3-1-8-23-14)19-15(20)10-17(16(21)22)6-2-7-17/h4-5,9,13H,1-3,6-8,10H2,(H,19,20)(H,21,22). The van der Waals surface area contributed by atoms with E-state index < -0.39 is 11.4 Å². The highest BCUT2D eigenvalue weighted by molar-refractivity contribution is 5.85. The number of hydrogen-bond donors (Lipinski definition) is 2. The minimum Gasteiger partial charge on any atom is -0.493 e. The Morgan fingerprint density at radius 2 is 2.13 bits per heavy atom. The van der Waals surface area contributed by atoms with Gasteiger partial charge in [-0.05, 0) is 43.9 Å². The van der Waals surface area contributed by atoms with Crippen LogP contribution in [0.1, 0.15) is 50.1 Å². The SMILES string of the molecule is O=C(CC1(C(=O)O)CCC1)NC1CCCOc2ccc(F)cc21. The number of carboxylic acids is 1. The first-order valence-electron chi connectivity index (χ1n) is 7.95. The molecular formula is C17H20FNO4. The molecule has 1 aliphatic carbocycles. The van der Waals surface area contributed by atoms with Gasteiger partial charge in [-0.15, -0.1) is 0 Å². The number of carbonyl (C=O) groups is 2. The summed E-state index contributed by atoms with van der Waals surface area (Å²) >= 11 is 0. The number of amides is 1. The molecule has 2 N–H and O–H groups in total. The summed E-state index contributed by atoms with van der Waals surface area (Å²) in [5.41, 5.74) is -0.301. The van der Waals surface area contributed by atoms with Gasteiger partial charge in [-0.25, -0.2) is 4.39 Å². The highest BCUT2D eigenvalue weighted by atomic mass is 19.1. The van der Waals surface area contributed by atoms with Gasteiger partial charge in [0, 0.05) is 12.0 Å². The van der Waals surface area contributed by atoms with Crippen molar-refractivity contribution in [1.29, 1.82) is 0 Å². The molecule has 0 saturated heterocycles. The average molecular weight is 321 g/mol. The van der Waals surface area contributed by atoms with Crippen molar-refractivity contribution in [3.05, 3.63) is 29.6 Å². The van der Waals surface area contributed by atoms with Gasteiger partial charge in [0.05, 0.1) is 18.1 Å². The summed E-state index contributed by atoms with van der Waals surface area (Å²) in [6, 6.07) is 3.93. The van der Waals surface area contributed by atoms with Crippen molar-refractivity contribution >= 4 is 11.9 Å². The van der Waals surface area contributed by atoms with Crippen LogP contribution in [0.5, 0.6) is 5.75 Å². The van der Waals surface area contributed by atoms with Crippen molar-refractivity contribution in [2.75, 3.05) is 6.61 Å². The van der Waals surface area contributed by atoms with E-state index in [0.29, 0.717) is 37.2 Å². The largest absolute Gasteiger partial charge is 0.493 e. The lowest BCUT2D eigenvalue weighted by Crippen LogP contribution is -2.43. The number of aliphatic carboxylic acids is 1. The molecule has 1 saturated carbocycles. The molecule has 5 nitrogen and oxygen atoms in total. The van der Waals surface area contributed by atoms with Crippen molar-refractivity contribution in [3.8, 4) is 5.75 Å². The summed E-state index contributed by atoms with van der Waals surface area (Å²) in [6.45, 7) is 0.518. The summed E-state index contributed by atoms with van der Waals surface area (Å²) in [5.74, 6) is -1.01. The number of hydrogen-bond acceptors (Lipinski definition) is 3. The van der Waals surface area contributed by atoms with Gasteiger partial charge >= 0.3 is 5.97 Å². The third kappa shape index (κ3) is 3.16. The van der Waals surface area contributed by atoms with Crippen LogP contribution in [0.25, 0.3) is 0 Å². The van der Waals surface area contributed by atoms with Gasteiger partial charge in [0.1, 0.15) is 11.6 Å². The van der Waals surface area contributed by atoms with Crippen LogP contribution in [0, 0.1) is 11.2 Å². The van der Waals surface area contributed by atoms with E-state index in [-0.39, 0.29) is 24.2 Å². The third-order valence-corrected chi connectivity index (χ3v) is 4.84. The molecule has 3 rings (SSSR count). The summed E-state index contributed by atoms with van der Waals surface area (Å²) < 4.78 is 19.1. The molecule has 2 aliphatic rings. The van der Waals surface area contributed by atoms with Gasteiger partial charge in [-0.2, -0.15) is 0 Å². The Morgan fingerprint density at radius 3 is 2.78 bits per heavy atom. The van der Waals surface area contributed by atoms with E-state index in [0.717, 1.165) is 12.8 Å². The Balaban J connectivity index is 1.73. The maximum atomic E-state index is 13.5. The number of carboxylic acid groups (broad SMARTS) is 1. The van der Waals surface area contributed by atoms with Crippen molar-refractivity contribution in [3.63, 3.8) is 0 Å². The van der Waals surface area contributed by atoms with E-state index in [1.165, 1.54) is 12.1 Å². The molecule has 1 heterocycles. The Morgan fingerprint density at radius 1 is 1.35 bits per heavy atom. The molecule has 1 aliphatic heterocycles. The minimum absolute atomic E-state index is 0.0235. The second kappa shape index (κ2) is 6.18. The topological polar surface area (TPSA) is 75.6 Å². The lowest BCUT2D eigenvalue weighted by Gasteiger charge is -2.37. The van der Waals surface area contributed by atoms with Crippen LogP contribution in [-0.4, -0.2) is 23.6 Å². The zero-order valence-corrected chi connectivity index (χ0v) is 12.8. The highest BCUT2D eigenvalue weighted by Gasteiger charge is 2.46. The third-order valence-electron chi connectivity index (χ3n) is 4.84. The first-order chi connectivity index (χ1) is 11.0. The van der Waals surface area contributed by atoms with Gasteiger partial charge in [0.25, 0.3) is 0 Å². The van der Waals surface area contributed by atoms with Gasteiger partial charge in [-0.1, -0.05) is 6.42 Å². The number of fused-ring (bicyclic) bond motifs is 1. The van der Waals surface area contributed by atoms with Crippen LogP contribution in [0.3, 0.4) is 0 Å². The fourth-order valence-electron chi connectivity index (χ4n) is 3.32. The number of halogens is 1. The van der Waals surface area contributed by atoms with E-state index in [9.17, 15) is 19.1 Å². The van der Waals surface area contributed by atoms with Gasteiger partial charge in [-0.3, -0.25) is 9.59 Å². The van der Waals surface area contributed by atoms with E-state index in [1.54, 1.807) is 6.07 Å². The first kappa shape index (κ1) is 15.8. The van der Waals surface area contributed by atoms with Crippen LogP contribution in [0.2, 0.25) is 0 Å². The molecule has 124 valence electrons. The molecule has 1 fully saturated rings. The maximum Gasteiger partial charge on any atom is 0.310 e. The summed E-state index contributed by atoms with van der Waals surface area (Å²) in [7, 11) is 0. The summed E-state index contributed by atoms with van der Waals surface area (Å²) in [6.07, 6.45) is 3.27. The molecule has 1 unspecified atom stereocenters. The first-order valence-corrected chi connectivity index (χ1v) is 7.95. The molecule has 1 aromatic carbocycles. The molecule has 23 heavy (non-hydrogen) atoms. The van der Waals surface area contributed by atoms with Crippen LogP contribution in [0.4, 0.5) is 4.39 Å². The van der Waals surface area contributed by atoms with Crippen LogP contribution in [0.15, 0.2) is 18.2 Å². The van der Waals surface area contributed by atoms with Crippen LogP contribution in [-0.2, 0) is 9.59 Å². The monoisotopic (exact) mass is 321 g/mol. The Bertz CT molecular complexity index is 627. The summed E-state index contributed by atoms with van der Waals surface area (Å²) in [5, 5.41) is 12.2. The number of benzene rings is 1. The second-order valence-corrected chi connectivity index (χ2v) is 6.41. The second-order valence-electron chi connectivity index (χ2n) is 6.41. The van der Waals surface area contributed by atoms with E-state index >= 15 is 0 Å². The maximum absolute atomic E-state index is 13.5. The van der Waals surface area contributed by atoms with Crippen molar-refractivity contribution in [1.82, 2.24) is 5.32 Å².